The molecule has 2 N–H and O–H groups in total. The lowest BCUT2D eigenvalue weighted by molar-refractivity contribution is 0.0601. The topological polar surface area (TPSA) is 76.1 Å². The number of benzene rings is 2. The molecule has 0 aliphatic rings. The number of nitrogens with one attached hydrogen (secondary N) is 2. The van der Waals surface area contributed by atoms with E-state index < -0.39 is 0 Å². The molecule has 0 aliphatic heterocycles. The fraction of sp³-hybridized carbons (Fsp3) is 0.150. The van der Waals surface area contributed by atoms with Gasteiger partial charge in [0.05, 0.1) is 12.7 Å². The summed E-state index contributed by atoms with van der Waals surface area (Å²) in [7, 11) is 1.36. The molecule has 0 spiro atoms. The van der Waals surface area contributed by atoms with Crippen molar-refractivity contribution in [3.8, 4) is 0 Å². The monoisotopic (exact) mass is 348 g/mol. The van der Waals surface area contributed by atoms with Crippen LogP contribution < -0.4 is 10.6 Å². The third kappa shape index (κ3) is 4.36. The maximum atomic E-state index is 11.6. The largest absolute Gasteiger partial charge is 0.465 e. The van der Waals surface area contributed by atoms with Crippen LogP contribution in [-0.2, 0) is 4.74 Å². The Labute approximate surface area is 152 Å². The smallest absolute Gasteiger partial charge is 0.337 e. The van der Waals surface area contributed by atoms with Crippen LogP contribution in [0.4, 0.5) is 23.1 Å². The van der Waals surface area contributed by atoms with E-state index in [0.29, 0.717) is 17.3 Å². The number of carbonyl (C=O) groups excluding carboxylic acids is 1. The third-order valence-corrected chi connectivity index (χ3v) is 3.69. The van der Waals surface area contributed by atoms with Gasteiger partial charge >= 0.3 is 5.97 Å². The number of esters is 1. The van der Waals surface area contributed by atoms with Gasteiger partial charge < -0.3 is 15.4 Å². The lowest BCUT2D eigenvalue weighted by Crippen LogP contribution is -2.03. The van der Waals surface area contributed by atoms with Crippen molar-refractivity contribution in [2.45, 2.75) is 13.8 Å². The predicted octanol–water partition coefficient (Wildman–Crippen LogP) is 4.37. The second-order valence-corrected chi connectivity index (χ2v) is 5.96. The van der Waals surface area contributed by atoms with Crippen molar-refractivity contribution in [3.05, 3.63) is 71.4 Å². The second-order valence-electron chi connectivity index (χ2n) is 5.96. The Bertz CT molecular complexity index is 920. The molecular weight excluding hydrogens is 328 g/mol. The van der Waals surface area contributed by atoms with Gasteiger partial charge in [0.15, 0.2) is 0 Å². The predicted molar refractivity (Wildman–Crippen MR) is 102 cm³/mol. The van der Waals surface area contributed by atoms with E-state index in [1.54, 1.807) is 30.5 Å². The molecular formula is C20H20N4O2. The van der Waals surface area contributed by atoms with Crippen molar-refractivity contribution in [2.24, 2.45) is 0 Å². The van der Waals surface area contributed by atoms with E-state index in [1.807, 2.05) is 32.0 Å². The Balaban J connectivity index is 1.78. The Morgan fingerprint density at radius 2 is 1.73 bits per heavy atom. The van der Waals surface area contributed by atoms with Crippen LogP contribution in [0.5, 0.6) is 0 Å². The molecule has 1 aromatic heterocycles. The molecule has 0 fully saturated rings. The number of aryl methyl sites for hydroxylation is 2. The first-order chi connectivity index (χ1) is 12.5. The van der Waals surface area contributed by atoms with E-state index in [2.05, 4.69) is 26.7 Å². The molecule has 3 aromatic rings. The lowest BCUT2D eigenvalue weighted by atomic mass is 10.1. The zero-order valence-electron chi connectivity index (χ0n) is 14.9. The van der Waals surface area contributed by atoms with E-state index in [0.717, 1.165) is 11.4 Å². The highest BCUT2D eigenvalue weighted by molar-refractivity contribution is 5.90. The highest BCUT2D eigenvalue weighted by atomic mass is 16.5. The van der Waals surface area contributed by atoms with Crippen LogP contribution in [0.25, 0.3) is 0 Å². The van der Waals surface area contributed by atoms with Crippen LogP contribution in [0.15, 0.2) is 54.7 Å². The van der Waals surface area contributed by atoms with E-state index in [1.165, 1.54) is 18.2 Å². The minimum absolute atomic E-state index is 0.381. The summed E-state index contributed by atoms with van der Waals surface area (Å²) in [4.78, 5) is 20.4. The number of hydrogen-bond acceptors (Lipinski definition) is 6. The maximum absolute atomic E-state index is 11.6. The third-order valence-electron chi connectivity index (χ3n) is 3.69. The van der Waals surface area contributed by atoms with Crippen molar-refractivity contribution in [1.82, 2.24) is 9.97 Å². The Morgan fingerprint density at radius 1 is 0.962 bits per heavy atom. The van der Waals surface area contributed by atoms with Gasteiger partial charge in [-0.05, 0) is 61.4 Å². The number of ether oxygens (including phenoxy) is 1. The van der Waals surface area contributed by atoms with Gasteiger partial charge in [-0.25, -0.2) is 9.78 Å². The Morgan fingerprint density at radius 3 is 2.46 bits per heavy atom. The number of nitrogens with zero attached hydrogens (tertiary/aromatic N) is 2. The van der Waals surface area contributed by atoms with Gasteiger partial charge in [0.2, 0.25) is 5.95 Å². The summed E-state index contributed by atoms with van der Waals surface area (Å²) in [6.45, 7) is 4.09. The quantitative estimate of drug-likeness (QED) is 0.667. The Hall–Kier alpha value is -3.41. The zero-order valence-corrected chi connectivity index (χ0v) is 14.9. The van der Waals surface area contributed by atoms with Crippen molar-refractivity contribution in [2.75, 3.05) is 17.7 Å². The number of anilines is 4. The van der Waals surface area contributed by atoms with Crippen LogP contribution in [-0.4, -0.2) is 23.0 Å². The van der Waals surface area contributed by atoms with Crippen LogP contribution in [0.3, 0.4) is 0 Å². The number of hydrogen-bond donors (Lipinski definition) is 2. The minimum atomic E-state index is -0.381. The fourth-order valence-electron chi connectivity index (χ4n) is 2.65. The van der Waals surface area contributed by atoms with Gasteiger partial charge in [-0.3, -0.25) is 0 Å². The summed E-state index contributed by atoms with van der Waals surface area (Å²) in [6.07, 6.45) is 1.67. The molecule has 0 atom stereocenters. The first-order valence-electron chi connectivity index (χ1n) is 8.17. The van der Waals surface area contributed by atoms with Gasteiger partial charge in [-0.15, -0.1) is 0 Å². The van der Waals surface area contributed by atoms with Crippen molar-refractivity contribution in [1.29, 1.82) is 0 Å². The molecule has 0 saturated carbocycles. The standard InChI is InChI=1S/C20H20N4O2/c1-13-9-14(2)11-17(10-13)23-20-21-8-7-18(24-20)22-16-6-4-5-15(12-16)19(25)26-3/h4-12H,1-3H3,(H2,21,22,23,24). The second kappa shape index (κ2) is 7.65. The molecule has 0 amide bonds. The van der Waals surface area contributed by atoms with Gasteiger partial charge in [0, 0.05) is 17.6 Å². The maximum Gasteiger partial charge on any atom is 0.337 e. The van der Waals surface area contributed by atoms with Crippen LogP contribution in [0, 0.1) is 13.8 Å². The summed E-state index contributed by atoms with van der Waals surface area (Å²) in [5.41, 5.74) is 4.49. The molecule has 132 valence electrons. The van der Waals surface area contributed by atoms with Crippen molar-refractivity contribution in [3.63, 3.8) is 0 Å². The molecule has 6 nitrogen and oxygen atoms in total. The molecule has 0 bridgehead atoms. The fourth-order valence-corrected chi connectivity index (χ4v) is 2.65. The Kier molecular flexibility index (Phi) is 5.12. The van der Waals surface area contributed by atoms with E-state index in [9.17, 15) is 4.79 Å². The average molecular weight is 348 g/mol. The van der Waals surface area contributed by atoms with Gasteiger partial charge in [0.1, 0.15) is 5.82 Å². The SMILES string of the molecule is COC(=O)c1cccc(Nc2ccnc(Nc3cc(C)cc(C)c3)n2)c1. The summed E-state index contributed by atoms with van der Waals surface area (Å²) >= 11 is 0. The highest BCUT2D eigenvalue weighted by Gasteiger charge is 2.07. The summed E-state index contributed by atoms with van der Waals surface area (Å²) in [5, 5.41) is 6.39. The number of rotatable bonds is 5. The first-order valence-corrected chi connectivity index (χ1v) is 8.17. The van der Waals surface area contributed by atoms with E-state index >= 15 is 0 Å². The lowest BCUT2D eigenvalue weighted by Gasteiger charge is -2.10. The number of aromatic nitrogens is 2. The first kappa shape index (κ1) is 17.4. The summed E-state index contributed by atoms with van der Waals surface area (Å²) in [5.74, 6) is 0.728. The normalized spacial score (nSPS) is 10.3. The summed E-state index contributed by atoms with van der Waals surface area (Å²) < 4.78 is 4.74. The molecule has 3 rings (SSSR count). The zero-order chi connectivity index (χ0) is 18.5. The molecule has 0 unspecified atom stereocenters. The molecule has 2 aromatic carbocycles. The molecule has 0 aliphatic carbocycles. The number of carbonyl (C=O) groups is 1. The van der Waals surface area contributed by atoms with Gasteiger partial charge in [-0.2, -0.15) is 4.98 Å². The van der Waals surface area contributed by atoms with Crippen LogP contribution in [0.2, 0.25) is 0 Å². The molecule has 26 heavy (non-hydrogen) atoms. The van der Waals surface area contributed by atoms with Gasteiger partial charge in [-0.1, -0.05) is 12.1 Å². The highest BCUT2D eigenvalue weighted by Crippen LogP contribution is 2.20. The van der Waals surface area contributed by atoms with Gasteiger partial charge in [0.25, 0.3) is 0 Å². The van der Waals surface area contributed by atoms with E-state index in [-0.39, 0.29) is 5.97 Å². The average Bonchev–Trinajstić information content (AvgIpc) is 2.60. The van der Waals surface area contributed by atoms with Crippen molar-refractivity contribution >= 4 is 29.1 Å². The molecule has 6 heteroatoms. The minimum Gasteiger partial charge on any atom is -0.465 e. The molecule has 0 radical (unpaired) electrons. The van der Waals surface area contributed by atoms with Crippen LogP contribution >= 0.6 is 0 Å². The van der Waals surface area contributed by atoms with E-state index in [4.69, 9.17) is 4.74 Å². The van der Waals surface area contributed by atoms with Crippen molar-refractivity contribution < 1.29 is 9.53 Å². The number of methoxy groups -OCH3 is 1. The summed E-state index contributed by atoms with van der Waals surface area (Å²) in [6, 6.07) is 15.0. The molecule has 1 heterocycles. The van der Waals surface area contributed by atoms with Crippen LogP contribution in [0.1, 0.15) is 21.5 Å². The molecule has 0 saturated heterocycles.